The predicted octanol–water partition coefficient (Wildman–Crippen LogP) is 4.34. The summed E-state index contributed by atoms with van der Waals surface area (Å²) in [4.78, 5) is 29.0. The van der Waals surface area contributed by atoms with Gasteiger partial charge in [-0.25, -0.2) is 9.97 Å². The number of aromatic amines is 1. The monoisotopic (exact) mass is 491 g/mol. The van der Waals surface area contributed by atoms with Crippen molar-refractivity contribution in [3.05, 3.63) is 77.0 Å². The average molecular weight is 492 g/mol. The van der Waals surface area contributed by atoms with Gasteiger partial charge in [0.2, 0.25) is 5.95 Å². The fourth-order valence-electron chi connectivity index (χ4n) is 4.39. The van der Waals surface area contributed by atoms with E-state index in [1.54, 1.807) is 12.4 Å². The number of nitrogens with zero attached hydrogens (tertiary/aromatic N) is 4. The molecule has 1 atom stereocenters. The number of anilines is 1. The van der Waals surface area contributed by atoms with Crippen LogP contribution in [0.5, 0.6) is 0 Å². The molecule has 2 aromatic heterocycles. The van der Waals surface area contributed by atoms with Crippen molar-refractivity contribution in [2.75, 3.05) is 31.1 Å². The summed E-state index contributed by atoms with van der Waals surface area (Å²) in [5, 5.41) is 11.3. The van der Waals surface area contributed by atoms with E-state index in [1.807, 2.05) is 59.5 Å². The molecule has 8 heteroatoms. The highest BCUT2D eigenvalue weighted by molar-refractivity contribution is 9.10. The lowest BCUT2D eigenvalue weighted by Crippen LogP contribution is -2.49. The number of halogens is 1. The van der Waals surface area contributed by atoms with Crippen molar-refractivity contribution in [2.45, 2.75) is 6.04 Å². The summed E-state index contributed by atoms with van der Waals surface area (Å²) in [6.07, 6.45) is 3.46. The second kappa shape index (κ2) is 8.72. The molecule has 0 spiro atoms. The normalized spacial score (nSPS) is 15.7. The minimum Gasteiger partial charge on any atom is -0.480 e. The topological polar surface area (TPSA) is 85.4 Å². The fraction of sp³-hybridized carbons (Fsp3) is 0.208. The van der Waals surface area contributed by atoms with Crippen molar-refractivity contribution in [3.8, 4) is 11.3 Å². The Balaban J connectivity index is 1.50. The standard InChI is InChI=1S/C24H22BrN5O2/c25-17-14-26-24(27-15-17)30-12-10-29(11-13-30)22(23(31)32)20-18-8-4-5-9-19(18)28-21(20)16-6-2-1-3-7-16/h1-9,14-15,22,28H,10-13H2,(H,31,32). The number of carboxylic acids is 1. The summed E-state index contributed by atoms with van der Waals surface area (Å²) >= 11 is 3.36. The van der Waals surface area contributed by atoms with Gasteiger partial charge in [0, 0.05) is 55.0 Å². The van der Waals surface area contributed by atoms with Crippen LogP contribution in [0.15, 0.2) is 71.5 Å². The Kier molecular flexibility index (Phi) is 5.63. The lowest BCUT2D eigenvalue weighted by molar-refractivity contribution is -0.143. The van der Waals surface area contributed by atoms with E-state index in [1.165, 1.54) is 0 Å². The van der Waals surface area contributed by atoms with Gasteiger partial charge in [-0.15, -0.1) is 0 Å². The fourth-order valence-corrected chi connectivity index (χ4v) is 4.60. The Morgan fingerprint density at radius 1 is 0.969 bits per heavy atom. The minimum absolute atomic E-state index is 0.601. The van der Waals surface area contributed by atoms with Gasteiger partial charge in [0.05, 0.1) is 10.2 Å². The van der Waals surface area contributed by atoms with Crippen LogP contribution in [-0.2, 0) is 4.79 Å². The van der Waals surface area contributed by atoms with Crippen LogP contribution in [0, 0.1) is 0 Å². The molecule has 162 valence electrons. The Morgan fingerprint density at radius 2 is 1.62 bits per heavy atom. The predicted molar refractivity (Wildman–Crippen MR) is 128 cm³/mol. The number of para-hydroxylation sites is 1. The average Bonchev–Trinajstić information content (AvgIpc) is 3.20. The summed E-state index contributed by atoms with van der Waals surface area (Å²) < 4.78 is 0.832. The summed E-state index contributed by atoms with van der Waals surface area (Å²) in [6.45, 7) is 2.52. The molecule has 1 saturated heterocycles. The molecule has 2 N–H and O–H groups in total. The van der Waals surface area contributed by atoms with Crippen molar-refractivity contribution >= 4 is 38.8 Å². The van der Waals surface area contributed by atoms with Gasteiger partial charge < -0.3 is 15.0 Å². The molecule has 1 fully saturated rings. The molecule has 2 aromatic carbocycles. The number of H-pyrrole nitrogens is 1. The third-order valence-electron chi connectivity index (χ3n) is 5.89. The van der Waals surface area contributed by atoms with Crippen LogP contribution in [0.2, 0.25) is 0 Å². The van der Waals surface area contributed by atoms with Gasteiger partial charge in [0.15, 0.2) is 0 Å². The number of benzene rings is 2. The number of aliphatic carboxylic acids is 1. The SMILES string of the molecule is O=C(O)C(c1c(-c2ccccc2)[nH]c2ccccc12)N1CCN(c2ncc(Br)cn2)CC1. The van der Waals surface area contributed by atoms with E-state index in [0.717, 1.165) is 32.2 Å². The first-order valence-electron chi connectivity index (χ1n) is 10.5. The molecule has 0 saturated carbocycles. The van der Waals surface area contributed by atoms with E-state index in [9.17, 15) is 9.90 Å². The van der Waals surface area contributed by atoms with Crippen LogP contribution < -0.4 is 4.90 Å². The molecule has 7 nitrogen and oxygen atoms in total. The maximum absolute atomic E-state index is 12.6. The van der Waals surface area contributed by atoms with Gasteiger partial charge in [-0.05, 0) is 27.6 Å². The Labute approximate surface area is 193 Å². The van der Waals surface area contributed by atoms with E-state index in [0.29, 0.717) is 32.1 Å². The van der Waals surface area contributed by atoms with Gasteiger partial charge in [0.1, 0.15) is 6.04 Å². The maximum atomic E-state index is 12.6. The number of aromatic nitrogens is 3. The number of nitrogens with one attached hydrogen (secondary N) is 1. The van der Waals surface area contributed by atoms with E-state index >= 15 is 0 Å². The second-order valence-corrected chi connectivity index (χ2v) is 8.71. The van der Waals surface area contributed by atoms with Gasteiger partial charge >= 0.3 is 5.97 Å². The molecular formula is C24H22BrN5O2. The van der Waals surface area contributed by atoms with Crippen LogP contribution in [0.4, 0.5) is 5.95 Å². The van der Waals surface area contributed by atoms with Crippen LogP contribution in [0.1, 0.15) is 11.6 Å². The van der Waals surface area contributed by atoms with E-state index in [2.05, 4.69) is 35.8 Å². The third-order valence-corrected chi connectivity index (χ3v) is 6.29. The number of rotatable bonds is 5. The molecule has 5 rings (SSSR count). The number of hydrogen-bond acceptors (Lipinski definition) is 5. The molecule has 0 aliphatic carbocycles. The molecular weight excluding hydrogens is 470 g/mol. The molecule has 1 aliphatic heterocycles. The van der Waals surface area contributed by atoms with Crippen molar-refractivity contribution in [2.24, 2.45) is 0 Å². The first kappa shape index (κ1) is 20.7. The molecule has 32 heavy (non-hydrogen) atoms. The van der Waals surface area contributed by atoms with E-state index < -0.39 is 12.0 Å². The number of piperazine rings is 1. The lowest BCUT2D eigenvalue weighted by Gasteiger charge is -2.38. The van der Waals surface area contributed by atoms with Crippen LogP contribution in [-0.4, -0.2) is 57.1 Å². The smallest absolute Gasteiger partial charge is 0.325 e. The maximum Gasteiger partial charge on any atom is 0.325 e. The highest BCUT2D eigenvalue weighted by Crippen LogP contribution is 2.38. The van der Waals surface area contributed by atoms with Crippen LogP contribution >= 0.6 is 15.9 Å². The third kappa shape index (κ3) is 3.87. The second-order valence-electron chi connectivity index (χ2n) is 7.79. The Bertz CT molecular complexity index is 1230. The quantitative estimate of drug-likeness (QED) is 0.432. The number of carboxylic acid groups (broad SMARTS) is 1. The van der Waals surface area contributed by atoms with Crippen molar-refractivity contribution < 1.29 is 9.90 Å². The Hall–Kier alpha value is -3.23. The molecule has 0 amide bonds. The summed E-state index contributed by atoms with van der Waals surface area (Å²) in [5.41, 5.74) is 3.59. The first-order chi connectivity index (χ1) is 15.6. The highest BCUT2D eigenvalue weighted by Gasteiger charge is 2.34. The van der Waals surface area contributed by atoms with Crippen molar-refractivity contribution in [3.63, 3.8) is 0 Å². The number of carbonyl (C=O) groups is 1. The van der Waals surface area contributed by atoms with Crippen LogP contribution in [0.3, 0.4) is 0 Å². The summed E-state index contributed by atoms with van der Waals surface area (Å²) in [5.74, 6) is -0.183. The van der Waals surface area contributed by atoms with Gasteiger partial charge in [0.25, 0.3) is 0 Å². The van der Waals surface area contributed by atoms with Crippen molar-refractivity contribution in [1.29, 1.82) is 0 Å². The van der Waals surface area contributed by atoms with Crippen molar-refractivity contribution in [1.82, 2.24) is 19.9 Å². The summed E-state index contributed by atoms with van der Waals surface area (Å²) in [6, 6.07) is 17.1. The van der Waals surface area contributed by atoms with Crippen LogP contribution in [0.25, 0.3) is 22.2 Å². The largest absolute Gasteiger partial charge is 0.480 e. The Morgan fingerprint density at radius 3 is 2.31 bits per heavy atom. The van der Waals surface area contributed by atoms with E-state index in [4.69, 9.17) is 0 Å². The zero-order valence-corrected chi connectivity index (χ0v) is 18.9. The molecule has 0 radical (unpaired) electrons. The number of hydrogen-bond donors (Lipinski definition) is 2. The lowest BCUT2D eigenvalue weighted by atomic mass is 9.97. The van der Waals surface area contributed by atoms with E-state index in [-0.39, 0.29) is 0 Å². The highest BCUT2D eigenvalue weighted by atomic mass is 79.9. The molecule has 3 heterocycles. The van der Waals surface area contributed by atoms with Gasteiger partial charge in [-0.3, -0.25) is 9.69 Å². The summed E-state index contributed by atoms with van der Waals surface area (Å²) in [7, 11) is 0. The zero-order chi connectivity index (χ0) is 22.1. The molecule has 1 unspecified atom stereocenters. The van der Waals surface area contributed by atoms with Gasteiger partial charge in [-0.2, -0.15) is 0 Å². The molecule has 1 aliphatic rings. The minimum atomic E-state index is -0.847. The van der Waals surface area contributed by atoms with Gasteiger partial charge in [-0.1, -0.05) is 48.5 Å². The number of fused-ring (bicyclic) bond motifs is 1. The first-order valence-corrected chi connectivity index (χ1v) is 11.3. The zero-order valence-electron chi connectivity index (χ0n) is 17.3. The molecule has 4 aromatic rings. The molecule has 0 bridgehead atoms.